The molecule has 4 rings (SSSR count). The van der Waals surface area contributed by atoms with E-state index in [1.807, 2.05) is 0 Å². The van der Waals surface area contributed by atoms with E-state index in [-0.39, 0.29) is 0 Å². The van der Waals surface area contributed by atoms with Crippen molar-refractivity contribution in [1.29, 1.82) is 0 Å². The van der Waals surface area contributed by atoms with Crippen molar-refractivity contribution in [3.8, 4) is 22.3 Å². The molecule has 0 saturated heterocycles. The van der Waals surface area contributed by atoms with Crippen LogP contribution >= 0.6 is 0 Å². The lowest BCUT2D eigenvalue weighted by molar-refractivity contribution is 0.817. The molecule has 0 aliphatic rings. The van der Waals surface area contributed by atoms with E-state index in [0.29, 0.717) is 0 Å². The topological polar surface area (TPSA) is 0 Å². The zero-order chi connectivity index (χ0) is 19.0. The minimum atomic E-state index is 1.08. The first-order valence-corrected chi connectivity index (χ1v) is 10.0. The van der Waals surface area contributed by atoms with Crippen molar-refractivity contribution in [2.24, 2.45) is 0 Å². The van der Waals surface area contributed by atoms with Crippen molar-refractivity contribution in [3.05, 3.63) is 127 Å². The third-order valence-corrected chi connectivity index (χ3v) is 5.13. The van der Waals surface area contributed by atoms with E-state index in [1.54, 1.807) is 0 Å². The minimum absolute atomic E-state index is 1.08. The molecule has 0 amide bonds. The summed E-state index contributed by atoms with van der Waals surface area (Å²) in [6.07, 6.45) is 5.65. The third-order valence-electron chi connectivity index (χ3n) is 5.13. The largest absolute Gasteiger partial charge is 0.0622 e. The molecule has 0 atom stereocenters. The summed E-state index contributed by atoms with van der Waals surface area (Å²) in [5.74, 6) is 0. The van der Waals surface area contributed by atoms with Crippen molar-refractivity contribution in [2.45, 2.75) is 19.3 Å². The lowest BCUT2D eigenvalue weighted by Gasteiger charge is -2.16. The molecule has 137 valence electrons. The van der Waals surface area contributed by atoms with Crippen molar-refractivity contribution < 1.29 is 0 Å². The number of hydrogen-bond acceptors (Lipinski definition) is 0. The SMILES string of the molecule is [CH](CCCc1cccc(-c2ccccc2)c1-c1ccccc1)c1ccccc1. The van der Waals surface area contributed by atoms with Gasteiger partial charge in [0.05, 0.1) is 0 Å². The van der Waals surface area contributed by atoms with Gasteiger partial charge in [-0.05, 0) is 59.1 Å². The first kappa shape index (κ1) is 18.3. The molecule has 4 aromatic carbocycles. The summed E-state index contributed by atoms with van der Waals surface area (Å²) in [7, 11) is 0. The fourth-order valence-electron chi connectivity index (χ4n) is 3.76. The van der Waals surface area contributed by atoms with Crippen LogP contribution in [0.1, 0.15) is 24.0 Å². The zero-order valence-corrected chi connectivity index (χ0v) is 16.1. The maximum Gasteiger partial charge on any atom is -0.00733 e. The van der Waals surface area contributed by atoms with Crippen LogP contribution in [0.25, 0.3) is 22.3 Å². The molecule has 4 aromatic rings. The van der Waals surface area contributed by atoms with Crippen LogP contribution in [0.4, 0.5) is 0 Å². The van der Waals surface area contributed by atoms with E-state index in [2.05, 4.69) is 116 Å². The summed E-state index contributed by atoms with van der Waals surface area (Å²) in [4.78, 5) is 0. The molecule has 0 N–H and O–H groups in total. The summed E-state index contributed by atoms with van der Waals surface area (Å²) < 4.78 is 0. The van der Waals surface area contributed by atoms with E-state index >= 15 is 0 Å². The summed E-state index contributed by atoms with van der Waals surface area (Å²) in [6, 6.07) is 38.9. The van der Waals surface area contributed by atoms with Gasteiger partial charge in [0, 0.05) is 0 Å². The molecule has 28 heavy (non-hydrogen) atoms. The highest BCUT2D eigenvalue weighted by atomic mass is 14.2. The van der Waals surface area contributed by atoms with E-state index in [0.717, 1.165) is 19.3 Å². The highest BCUT2D eigenvalue weighted by Crippen LogP contribution is 2.35. The van der Waals surface area contributed by atoms with Crippen LogP contribution in [-0.2, 0) is 6.42 Å². The average Bonchev–Trinajstić information content (AvgIpc) is 2.78. The molecule has 0 aromatic heterocycles. The normalized spacial score (nSPS) is 10.7. The van der Waals surface area contributed by atoms with Gasteiger partial charge in [0.1, 0.15) is 0 Å². The van der Waals surface area contributed by atoms with Crippen molar-refractivity contribution in [2.75, 3.05) is 0 Å². The lowest BCUT2D eigenvalue weighted by Crippen LogP contribution is -1.95. The highest BCUT2D eigenvalue weighted by Gasteiger charge is 2.12. The highest BCUT2D eigenvalue weighted by molar-refractivity contribution is 5.85. The van der Waals surface area contributed by atoms with Crippen LogP contribution in [-0.4, -0.2) is 0 Å². The molecule has 0 spiro atoms. The Kier molecular flexibility index (Phi) is 5.99. The van der Waals surface area contributed by atoms with Crippen LogP contribution in [0.15, 0.2) is 109 Å². The Balaban J connectivity index is 1.60. The second-order valence-electron chi connectivity index (χ2n) is 7.08. The van der Waals surface area contributed by atoms with Gasteiger partial charge in [-0.25, -0.2) is 0 Å². The molecule has 0 bridgehead atoms. The quantitative estimate of drug-likeness (QED) is 0.297. The molecule has 0 heteroatoms. The first-order valence-electron chi connectivity index (χ1n) is 10.0. The molecular weight excluding hydrogens is 336 g/mol. The number of hydrogen-bond donors (Lipinski definition) is 0. The van der Waals surface area contributed by atoms with E-state index in [9.17, 15) is 0 Å². The Morgan fingerprint density at radius 1 is 0.536 bits per heavy atom. The fourth-order valence-corrected chi connectivity index (χ4v) is 3.76. The Morgan fingerprint density at radius 3 is 1.82 bits per heavy atom. The maximum atomic E-state index is 2.34. The number of unbranched alkanes of at least 4 members (excludes halogenated alkanes) is 1. The van der Waals surface area contributed by atoms with Crippen LogP contribution in [0, 0.1) is 6.42 Å². The van der Waals surface area contributed by atoms with E-state index in [4.69, 9.17) is 0 Å². The molecule has 0 nitrogen and oxygen atoms in total. The van der Waals surface area contributed by atoms with Gasteiger partial charge in [0.15, 0.2) is 0 Å². The van der Waals surface area contributed by atoms with Gasteiger partial charge < -0.3 is 0 Å². The molecule has 0 unspecified atom stereocenters. The number of aryl methyl sites for hydroxylation is 1. The molecule has 0 fully saturated rings. The summed E-state index contributed by atoms with van der Waals surface area (Å²) >= 11 is 0. The van der Waals surface area contributed by atoms with Gasteiger partial charge in [-0.2, -0.15) is 0 Å². The molecular formula is C28H25. The molecule has 0 saturated carbocycles. The first-order chi connectivity index (χ1) is 13.9. The van der Waals surface area contributed by atoms with Crippen molar-refractivity contribution >= 4 is 0 Å². The van der Waals surface area contributed by atoms with Crippen molar-refractivity contribution in [3.63, 3.8) is 0 Å². The Labute approximate surface area is 168 Å². The fraction of sp³-hybridized carbons (Fsp3) is 0.107. The Bertz CT molecular complexity index is 986. The van der Waals surface area contributed by atoms with Gasteiger partial charge in [0.25, 0.3) is 0 Å². The maximum absolute atomic E-state index is 2.34. The zero-order valence-electron chi connectivity index (χ0n) is 16.1. The van der Waals surface area contributed by atoms with E-state index < -0.39 is 0 Å². The van der Waals surface area contributed by atoms with Crippen LogP contribution < -0.4 is 0 Å². The summed E-state index contributed by atoms with van der Waals surface area (Å²) in [5, 5.41) is 0. The molecule has 0 aliphatic carbocycles. The standard InChI is InChI=1S/C28H25/c1-4-13-23(14-5-1)15-10-11-20-26-21-12-22-27(24-16-6-2-7-17-24)28(26)25-18-8-3-9-19-25/h1-9,12-19,21-22H,10-11,20H2. The average molecular weight is 362 g/mol. The van der Waals surface area contributed by atoms with Crippen LogP contribution in [0.5, 0.6) is 0 Å². The van der Waals surface area contributed by atoms with Crippen LogP contribution in [0.3, 0.4) is 0 Å². The minimum Gasteiger partial charge on any atom is -0.0622 e. The lowest BCUT2D eigenvalue weighted by atomic mass is 9.88. The second kappa shape index (κ2) is 9.19. The van der Waals surface area contributed by atoms with Gasteiger partial charge in [-0.1, -0.05) is 109 Å². The molecule has 0 heterocycles. The van der Waals surface area contributed by atoms with E-state index in [1.165, 1.54) is 33.4 Å². The molecule has 0 aliphatic heterocycles. The summed E-state index contributed by atoms with van der Waals surface area (Å²) in [5.41, 5.74) is 7.99. The smallest absolute Gasteiger partial charge is 0.00733 e. The third kappa shape index (κ3) is 4.40. The summed E-state index contributed by atoms with van der Waals surface area (Å²) in [6.45, 7) is 0. The second-order valence-corrected chi connectivity index (χ2v) is 7.08. The Hall–Kier alpha value is -3.12. The monoisotopic (exact) mass is 361 g/mol. The van der Waals surface area contributed by atoms with Gasteiger partial charge in [0.2, 0.25) is 0 Å². The number of benzene rings is 4. The van der Waals surface area contributed by atoms with Crippen LogP contribution in [0.2, 0.25) is 0 Å². The predicted molar refractivity (Wildman–Crippen MR) is 120 cm³/mol. The van der Waals surface area contributed by atoms with Gasteiger partial charge >= 0.3 is 0 Å². The van der Waals surface area contributed by atoms with Crippen molar-refractivity contribution in [1.82, 2.24) is 0 Å². The Morgan fingerprint density at radius 2 is 1.14 bits per heavy atom. The number of rotatable bonds is 7. The van der Waals surface area contributed by atoms with Gasteiger partial charge in [-0.3, -0.25) is 0 Å². The predicted octanol–water partition coefficient (Wildman–Crippen LogP) is 7.60. The molecule has 1 radical (unpaired) electrons. The van der Waals surface area contributed by atoms with Gasteiger partial charge in [-0.15, -0.1) is 0 Å².